The highest BCUT2D eigenvalue weighted by Gasteiger charge is 2.38. The number of hydrogen-bond acceptors (Lipinski definition) is 6. The second-order valence-electron chi connectivity index (χ2n) is 8.07. The molecule has 1 aromatic heterocycles. The molecular formula is C19H30N4O2. The lowest BCUT2D eigenvalue weighted by molar-refractivity contribution is 0.00744. The summed E-state index contributed by atoms with van der Waals surface area (Å²) in [5, 5.41) is 0. The van der Waals surface area contributed by atoms with Crippen LogP contribution >= 0.6 is 0 Å². The van der Waals surface area contributed by atoms with E-state index in [1.54, 1.807) is 7.11 Å². The molecule has 3 aliphatic rings. The molecule has 4 rings (SSSR count). The van der Waals surface area contributed by atoms with Gasteiger partial charge >= 0.3 is 0 Å². The highest BCUT2D eigenvalue weighted by Crippen LogP contribution is 2.41. The van der Waals surface area contributed by atoms with Crippen molar-refractivity contribution in [3.05, 3.63) is 17.6 Å². The topological polar surface area (TPSA) is 73.5 Å². The maximum absolute atomic E-state index is 5.99. The number of hydrogen-bond donors (Lipinski definition) is 1. The van der Waals surface area contributed by atoms with Crippen LogP contribution in [0.3, 0.4) is 0 Å². The normalized spacial score (nSPS) is 28.8. The summed E-state index contributed by atoms with van der Waals surface area (Å²) in [5.74, 6) is 2.35. The van der Waals surface area contributed by atoms with Crippen molar-refractivity contribution in [3.63, 3.8) is 0 Å². The van der Waals surface area contributed by atoms with Gasteiger partial charge in [-0.25, -0.2) is 9.97 Å². The van der Waals surface area contributed by atoms with Crippen LogP contribution in [0.5, 0.6) is 0 Å². The van der Waals surface area contributed by atoms with Gasteiger partial charge in [0.2, 0.25) is 0 Å². The Morgan fingerprint density at radius 2 is 2.08 bits per heavy atom. The molecule has 1 spiro atoms. The van der Waals surface area contributed by atoms with Gasteiger partial charge in [0.05, 0.1) is 0 Å². The molecular weight excluding hydrogens is 316 g/mol. The summed E-state index contributed by atoms with van der Waals surface area (Å²) in [5.41, 5.74) is 7.54. The Morgan fingerprint density at radius 1 is 1.28 bits per heavy atom. The fourth-order valence-corrected chi connectivity index (χ4v) is 4.59. The van der Waals surface area contributed by atoms with Gasteiger partial charge in [0, 0.05) is 57.1 Å². The maximum Gasteiger partial charge on any atom is 0.156 e. The third kappa shape index (κ3) is 3.66. The second-order valence-corrected chi connectivity index (χ2v) is 8.07. The molecule has 2 N–H and O–H groups in total. The fourth-order valence-electron chi connectivity index (χ4n) is 4.59. The van der Waals surface area contributed by atoms with Crippen LogP contribution in [0.15, 0.2) is 6.07 Å². The zero-order valence-electron chi connectivity index (χ0n) is 15.2. The molecule has 1 aromatic rings. The van der Waals surface area contributed by atoms with Gasteiger partial charge in [-0.3, -0.25) is 0 Å². The standard InChI is InChI=1S/C19H30N4O2/c1-24-12-17-21-16(14-9-15(20)10-14)11-18(22-17)23-6-2-3-19(13-23)4-7-25-8-5-19/h11,14-15H,2-10,12-13,20H2,1H3. The molecule has 1 aliphatic carbocycles. The smallest absolute Gasteiger partial charge is 0.156 e. The van der Waals surface area contributed by atoms with Crippen molar-refractivity contribution in [2.75, 3.05) is 38.3 Å². The van der Waals surface area contributed by atoms with E-state index < -0.39 is 0 Å². The van der Waals surface area contributed by atoms with Gasteiger partial charge in [-0.15, -0.1) is 0 Å². The predicted octanol–water partition coefficient (Wildman–Crippen LogP) is 2.22. The first-order chi connectivity index (χ1) is 12.2. The Bertz CT molecular complexity index is 592. The minimum Gasteiger partial charge on any atom is -0.381 e. The van der Waals surface area contributed by atoms with Crippen LogP contribution in [0.2, 0.25) is 0 Å². The summed E-state index contributed by atoms with van der Waals surface area (Å²) in [4.78, 5) is 12.0. The SMILES string of the molecule is COCc1nc(C2CC(N)C2)cc(N2CCCC3(CCOCC3)C2)n1. The first-order valence-electron chi connectivity index (χ1n) is 9.62. The Morgan fingerprint density at radius 3 is 2.80 bits per heavy atom. The quantitative estimate of drug-likeness (QED) is 0.901. The summed E-state index contributed by atoms with van der Waals surface area (Å²) in [7, 11) is 1.70. The predicted molar refractivity (Wildman–Crippen MR) is 96.6 cm³/mol. The number of rotatable bonds is 4. The molecule has 2 saturated heterocycles. The molecule has 6 nitrogen and oxygen atoms in total. The maximum atomic E-state index is 5.99. The molecule has 0 unspecified atom stereocenters. The molecule has 0 aromatic carbocycles. The Balaban J connectivity index is 1.57. The summed E-state index contributed by atoms with van der Waals surface area (Å²) in [6.07, 6.45) is 6.95. The first-order valence-corrected chi connectivity index (χ1v) is 9.62. The Kier molecular flexibility index (Phi) is 4.93. The van der Waals surface area contributed by atoms with Crippen molar-refractivity contribution in [2.45, 2.75) is 57.1 Å². The summed E-state index contributed by atoms with van der Waals surface area (Å²) < 4.78 is 10.9. The van der Waals surface area contributed by atoms with E-state index in [9.17, 15) is 0 Å². The lowest BCUT2D eigenvalue weighted by atomic mass is 9.74. The van der Waals surface area contributed by atoms with Crippen LogP contribution in [-0.2, 0) is 16.1 Å². The van der Waals surface area contributed by atoms with Gasteiger partial charge in [-0.1, -0.05) is 0 Å². The van der Waals surface area contributed by atoms with Gasteiger partial charge in [0.25, 0.3) is 0 Å². The molecule has 0 radical (unpaired) electrons. The van der Waals surface area contributed by atoms with Crippen molar-refractivity contribution in [3.8, 4) is 0 Å². The zero-order chi connectivity index (χ0) is 17.3. The van der Waals surface area contributed by atoms with Crippen molar-refractivity contribution >= 4 is 5.82 Å². The van der Waals surface area contributed by atoms with Crippen molar-refractivity contribution < 1.29 is 9.47 Å². The number of piperidine rings is 1. The minimum atomic E-state index is 0.329. The minimum absolute atomic E-state index is 0.329. The van der Waals surface area contributed by atoms with Crippen molar-refractivity contribution in [1.82, 2.24) is 9.97 Å². The van der Waals surface area contributed by atoms with Gasteiger partial charge in [0.15, 0.2) is 5.82 Å². The molecule has 0 atom stereocenters. The lowest BCUT2D eigenvalue weighted by Gasteiger charge is -2.45. The number of anilines is 1. The average Bonchev–Trinajstić information content (AvgIpc) is 2.60. The molecule has 2 aliphatic heterocycles. The van der Waals surface area contributed by atoms with Crippen LogP contribution in [-0.4, -0.2) is 49.4 Å². The van der Waals surface area contributed by atoms with Crippen molar-refractivity contribution in [2.24, 2.45) is 11.1 Å². The number of methoxy groups -OCH3 is 1. The van der Waals surface area contributed by atoms with Crippen LogP contribution in [0.25, 0.3) is 0 Å². The molecule has 138 valence electrons. The molecule has 1 saturated carbocycles. The van der Waals surface area contributed by atoms with E-state index in [4.69, 9.17) is 25.2 Å². The molecule has 25 heavy (non-hydrogen) atoms. The van der Waals surface area contributed by atoms with E-state index in [1.165, 1.54) is 25.7 Å². The second kappa shape index (κ2) is 7.17. The Labute approximate surface area is 150 Å². The highest BCUT2D eigenvalue weighted by atomic mass is 16.5. The molecule has 6 heteroatoms. The third-order valence-corrected chi connectivity index (χ3v) is 6.18. The number of ether oxygens (including phenoxy) is 2. The number of aromatic nitrogens is 2. The van der Waals surface area contributed by atoms with Gasteiger partial charge in [-0.05, 0) is 43.9 Å². The van der Waals surface area contributed by atoms with E-state index in [-0.39, 0.29) is 0 Å². The largest absolute Gasteiger partial charge is 0.381 e. The highest BCUT2D eigenvalue weighted by molar-refractivity contribution is 5.42. The zero-order valence-corrected chi connectivity index (χ0v) is 15.2. The molecule has 0 bridgehead atoms. The summed E-state index contributed by atoms with van der Waals surface area (Å²) in [6.45, 7) is 4.43. The molecule has 0 amide bonds. The van der Waals surface area contributed by atoms with E-state index in [0.717, 1.165) is 56.5 Å². The van der Waals surface area contributed by atoms with E-state index in [1.807, 2.05) is 0 Å². The van der Waals surface area contributed by atoms with E-state index in [0.29, 0.717) is 24.0 Å². The van der Waals surface area contributed by atoms with Crippen molar-refractivity contribution in [1.29, 1.82) is 0 Å². The van der Waals surface area contributed by atoms with Crippen LogP contribution in [0, 0.1) is 5.41 Å². The van der Waals surface area contributed by atoms with Gasteiger partial charge in [-0.2, -0.15) is 0 Å². The third-order valence-electron chi connectivity index (χ3n) is 6.18. The average molecular weight is 346 g/mol. The molecule has 3 fully saturated rings. The van der Waals surface area contributed by atoms with Crippen LogP contribution < -0.4 is 10.6 Å². The molecule has 3 heterocycles. The number of nitrogens with two attached hydrogens (primary N) is 1. The van der Waals surface area contributed by atoms with E-state index in [2.05, 4.69) is 11.0 Å². The fraction of sp³-hybridized carbons (Fsp3) is 0.789. The first kappa shape index (κ1) is 17.2. The van der Waals surface area contributed by atoms with E-state index >= 15 is 0 Å². The monoisotopic (exact) mass is 346 g/mol. The summed E-state index contributed by atoms with van der Waals surface area (Å²) >= 11 is 0. The lowest BCUT2D eigenvalue weighted by Crippen LogP contribution is -2.46. The van der Waals surface area contributed by atoms with Gasteiger partial charge in [0.1, 0.15) is 12.4 Å². The van der Waals surface area contributed by atoms with Gasteiger partial charge < -0.3 is 20.1 Å². The Hall–Kier alpha value is -1.24. The van der Waals surface area contributed by atoms with Crippen LogP contribution in [0.1, 0.15) is 56.0 Å². The summed E-state index contributed by atoms with van der Waals surface area (Å²) in [6, 6.07) is 2.53. The van der Waals surface area contributed by atoms with Crippen LogP contribution in [0.4, 0.5) is 5.82 Å². The number of nitrogens with zero attached hydrogens (tertiary/aromatic N) is 3.